The first-order valence-corrected chi connectivity index (χ1v) is 11.0. The highest BCUT2D eigenvalue weighted by molar-refractivity contribution is 6.17. The zero-order valence-electron chi connectivity index (χ0n) is 20.3. The monoisotopic (exact) mass is 467 g/mol. The van der Waals surface area contributed by atoms with Crippen LogP contribution in [0.3, 0.4) is 0 Å². The highest BCUT2D eigenvalue weighted by Crippen LogP contribution is 2.41. The van der Waals surface area contributed by atoms with Gasteiger partial charge in [-0.15, -0.1) is 0 Å². The average Bonchev–Trinajstić information content (AvgIpc) is 2.82. The smallest absolute Gasteiger partial charge is 0.308 e. The van der Waals surface area contributed by atoms with E-state index in [0.717, 1.165) is 0 Å². The van der Waals surface area contributed by atoms with E-state index in [1.165, 1.54) is 33.5 Å². The van der Waals surface area contributed by atoms with E-state index in [2.05, 4.69) is 4.98 Å². The van der Waals surface area contributed by atoms with Crippen LogP contribution in [-0.4, -0.2) is 44.2 Å². The van der Waals surface area contributed by atoms with E-state index in [-0.39, 0.29) is 11.5 Å². The van der Waals surface area contributed by atoms with Crippen molar-refractivity contribution in [2.24, 2.45) is 5.92 Å². The van der Waals surface area contributed by atoms with E-state index in [0.29, 0.717) is 64.0 Å². The third-order valence-electron chi connectivity index (χ3n) is 4.93. The summed E-state index contributed by atoms with van der Waals surface area (Å²) < 4.78 is 27.9. The third kappa shape index (κ3) is 5.22. The van der Waals surface area contributed by atoms with E-state index in [1.54, 1.807) is 24.3 Å². The van der Waals surface area contributed by atoms with E-state index in [1.807, 2.05) is 20.8 Å². The Kier molecular flexibility index (Phi) is 7.94. The Balaban J connectivity index is 2.13. The van der Waals surface area contributed by atoms with Crippen molar-refractivity contribution < 1.29 is 33.3 Å². The minimum atomic E-state index is -0.503. The fourth-order valence-corrected chi connectivity index (χ4v) is 3.46. The molecule has 0 aliphatic rings. The van der Waals surface area contributed by atoms with E-state index >= 15 is 0 Å². The second-order valence-electron chi connectivity index (χ2n) is 7.95. The fourth-order valence-electron chi connectivity index (χ4n) is 3.46. The van der Waals surface area contributed by atoms with Gasteiger partial charge in [-0.25, -0.2) is 0 Å². The number of ketones is 1. The Morgan fingerprint density at radius 1 is 0.912 bits per heavy atom. The zero-order valence-corrected chi connectivity index (χ0v) is 20.3. The normalized spacial score (nSPS) is 10.8. The Morgan fingerprint density at radius 2 is 1.59 bits per heavy atom. The van der Waals surface area contributed by atoms with E-state index in [9.17, 15) is 9.59 Å². The Labute approximate surface area is 198 Å². The number of carbonyl (C=O) groups is 2. The van der Waals surface area contributed by atoms with Crippen LogP contribution in [0.1, 0.15) is 43.6 Å². The van der Waals surface area contributed by atoms with Gasteiger partial charge in [0.25, 0.3) is 0 Å². The molecule has 0 unspecified atom stereocenters. The second-order valence-corrected chi connectivity index (χ2v) is 7.95. The molecule has 0 fully saturated rings. The summed E-state index contributed by atoms with van der Waals surface area (Å²) >= 11 is 0. The summed E-state index contributed by atoms with van der Waals surface area (Å²) in [7, 11) is 3.01. The van der Waals surface area contributed by atoms with E-state index < -0.39 is 5.97 Å². The maximum absolute atomic E-state index is 13.6. The van der Waals surface area contributed by atoms with Crippen molar-refractivity contribution >= 4 is 22.5 Å². The molecule has 1 aromatic heterocycles. The summed E-state index contributed by atoms with van der Waals surface area (Å²) in [6, 6.07) is 6.64. The van der Waals surface area contributed by atoms with Crippen LogP contribution in [0.2, 0.25) is 0 Å². The van der Waals surface area contributed by atoms with Crippen molar-refractivity contribution in [3.63, 3.8) is 0 Å². The molecule has 0 aliphatic carbocycles. The minimum Gasteiger partial charge on any atom is -0.493 e. The predicted molar refractivity (Wildman–Crippen MR) is 128 cm³/mol. The van der Waals surface area contributed by atoms with Crippen molar-refractivity contribution in [2.75, 3.05) is 27.4 Å². The number of rotatable bonds is 10. The Morgan fingerprint density at radius 3 is 2.15 bits per heavy atom. The fraction of sp³-hybridized carbons (Fsp3) is 0.346. The molecule has 8 nitrogen and oxygen atoms in total. The Bertz CT molecular complexity index is 1180. The van der Waals surface area contributed by atoms with Gasteiger partial charge in [0.2, 0.25) is 5.75 Å². The van der Waals surface area contributed by atoms with Gasteiger partial charge >= 0.3 is 5.97 Å². The molecular formula is C26H29NO7. The summed E-state index contributed by atoms with van der Waals surface area (Å²) in [5.41, 5.74) is 0.664. The SMILES string of the molecule is CCOc1ccc2c(C(=O)c3cc(OC)c(OCC(C)C)c(OC)c3)cncc2c1OC(C)=O. The summed E-state index contributed by atoms with van der Waals surface area (Å²) in [6.45, 7) is 8.05. The molecule has 3 aromatic rings. The lowest BCUT2D eigenvalue weighted by atomic mass is 9.98. The summed E-state index contributed by atoms with van der Waals surface area (Å²) in [5, 5.41) is 1.06. The molecular weight excluding hydrogens is 438 g/mol. The van der Waals surface area contributed by atoms with Gasteiger partial charge in [-0.2, -0.15) is 0 Å². The van der Waals surface area contributed by atoms with Gasteiger partial charge in [0.05, 0.1) is 27.4 Å². The first-order valence-electron chi connectivity index (χ1n) is 11.0. The highest BCUT2D eigenvalue weighted by Gasteiger charge is 2.22. The average molecular weight is 468 g/mol. The molecule has 180 valence electrons. The molecule has 0 N–H and O–H groups in total. The number of hydrogen-bond donors (Lipinski definition) is 0. The van der Waals surface area contributed by atoms with Crippen molar-refractivity contribution in [3.8, 4) is 28.7 Å². The van der Waals surface area contributed by atoms with E-state index in [4.69, 9.17) is 23.7 Å². The quantitative estimate of drug-likeness (QED) is 0.238. The van der Waals surface area contributed by atoms with Crippen molar-refractivity contribution in [1.82, 2.24) is 4.98 Å². The van der Waals surface area contributed by atoms with Gasteiger partial charge < -0.3 is 23.7 Å². The number of carbonyl (C=O) groups excluding carboxylic acids is 2. The maximum Gasteiger partial charge on any atom is 0.308 e. The number of benzene rings is 2. The first kappa shape index (κ1) is 24.8. The van der Waals surface area contributed by atoms with Gasteiger partial charge in [-0.1, -0.05) is 13.8 Å². The molecule has 0 bridgehead atoms. The molecule has 0 saturated carbocycles. The lowest BCUT2D eigenvalue weighted by Gasteiger charge is -2.17. The molecule has 0 aliphatic heterocycles. The van der Waals surface area contributed by atoms with Crippen LogP contribution in [0.15, 0.2) is 36.7 Å². The van der Waals surface area contributed by atoms with Crippen LogP contribution in [0.5, 0.6) is 28.7 Å². The lowest BCUT2D eigenvalue weighted by molar-refractivity contribution is -0.131. The maximum atomic E-state index is 13.6. The summed E-state index contributed by atoms with van der Waals surface area (Å²) in [4.78, 5) is 29.5. The van der Waals surface area contributed by atoms with Crippen LogP contribution in [0.25, 0.3) is 10.8 Å². The van der Waals surface area contributed by atoms with Crippen LogP contribution >= 0.6 is 0 Å². The van der Waals surface area contributed by atoms with Crippen LogP contribution in [0.4, 0.5) is 0 Å². The van der Waals surface area contributed by atoms with Crippen molar-refractivity contribution in [1.29, 1.82) is 0 Å². The predicted octanol–water partition coefficient (Wildman–Crippen LogP) is 4.84. The third-order valence-corrected chi connectivity index (χ3v) is 4.93. The molecule has 0 saturated heterocycles. The lowest BCUT2D eigenvalue weighted by Crippen LogP contribution is -2.09. The summed E-state index contributed by atoms with van der Waals surface area (Å²) in [5.74, 6) is 1.31. The number of pyridine rings is 1. The summed E-state index contributed by atoms with van der Waals surface area (Å²) in [6.07, 6.45) is 3.02. The molecule has 1 heterocycles. The van der Waals surface area contributed by atoms with Gasteiger partial charge in [-0.05, 0) is 42.5 Å². The highest BCUT2D eigenvalue weighted by atomic mass is 16.6. The number of esters is 1. The topological polar surface area (TPSA) is 93.2 Å². The molecule has 0 amide bonds. The number of ether oxygens (including phenoxy) is 5. The van der Waals surface area contributed by atoms with Crippen LogP contribution in [-0.2, 0) is 4.79 Å². The molecule has 8 heteroatoms. The zero-order chi connectivity index (χ0) is 24.8. The number of hydrogen-bond acceptors (Lipinski definition) is 8. The Hall–Kier alpha value is -3.81. The number of nitrogens with zero attached hydrogens (tertiary/aromatic N) is 1. The van der Waals surface area contributed by atoms with Gasteiger partial charge in [0.1, 0.15) is 0 Å². The van der Waals surface area contributed by atoms with Gasteiger partial charge in [-0.3, -0.25) is 14.6 Å². The van der Waals surface area contributed by atoms with Gasteiger partial charge in [0.15, 0.2) is 28.8 Å². The largest absolute Gasteiger partial charge is 0.493 e. The van der Waals surface area contributed by atoms with Crippen LogP contribution in [0, 0.1) is 5.92 Å². The van der Waals surface area contributed by atoms with Crippen molar-refractivity contribution in [2.45, 2.75) is 27.7 Å². The second kappa shape index (κ2) is 10.9. The molecule has 0 spiro atoms. The van der Waals surface area contributed by atoms with Gasteiger partial charge in [0, 0.05) is 35.8 Å². The number of aromatic nitrogens is 1. The molecule has 3 rings (SSSR count). The molecule has 2 aromatic carbocycles. The molecule has 0 atom stereocenters. The first-order chi connectivity index (χ1) is 16.3. The minimum absolute atomic E-state index is 0.224. The van der Waals surface area contributed by atoms with Crippen LogP contribution < -0.4 is 23.7 Å². The number of fused-ring (bicyclic) bond motifs is 1. The standard InChI is InChI=1S/C26H29NO7/c1-7-32-21-9-8-18-19(12-27-13-20(18)25(21)34-16(4)28)24(29)17-10-22(30-5)26(23(11-17)31-6)33-14-15(2)3/h8-13,15H,7,14H2,1-6H3. The van der Waals surface area contributed by atoms with Crippen molar-refractivity contribution in [3.05, 3.63) is 47.8 Å². The molecule has 34 heavy (non-hydrogen) atoms. The molecule has 0 radical (unpaired) electrons. The number of methoxy groups -OCH3 is 2.